The molecule has 2 fully saturated rings. The highest BCUT2D eigenvalue weighted by Crippen LogP contribution is 2.25. The zero-order chi connectivity index (χ0) is 10.6. The van der Waals surface area contributed by atoms with Crippen molar-refractivity contribution in [1.29, 1.82) is 0 Å². The van der Waals surface area contributed by atoms with E-state index >= 15 is 0 Å². The van der Waals surface area contributed by atoms with Crippen LogP contribution in [0.1, 0.15) is 32.1 Å². The molecule has 0 radical (unpaired) electrons. The zero-order valence-corrected chi connectivity index (χ0v) is 9.76. The molecule has 2 rings (SSSR count). The average Bonchev–Trinajstić information content (AvgIpc) is 2.89. The van der Waals surface area contributed by atoms with E-state index in [1.54, 1.807) is 7.11 Å². The van der Waals surface area contributed by atoms with Gasteiger partial charge in [-0.25, -0.2) is 0 Å². The van der Waals surface area contributed by atoms with E-state index in [0.717, 1.165) is 38.6 Å². The van der Waals surface area contributed by atoms with Crippen molar-refractivity contribution in [3.8, 4) is 0 Å². The van der Waals surface area contributed by atoms with Crippen LogP contribution in [0.3, 0.4) is 0 Å². The fraction of sp³-hybridized carbons (Fsp3) is 1.00. The van der Waals surface area contributed by atoms with E-state index in [2.05, 4.69) is 5.32 Å². The van der Waals surface area contributed by atoms with Gasteiger partial charge in [0.15, 0.2) is 0 Å². The van der Waals surface area contributed by atoms with Gasteiger partial charge in [0.1, 0.15) is 5.60 Å². The van der Waals surface area contributed by atoms with Crippen molar-refractivity contribution in [2.24, 2.45) is 5.92 Å². The van der Waals surface area contributed by atoms with Crippen molar-refractivity contribution < 1.29 is 9.47 Å². The number of hydrogen-bond acceptors (Lipinski definition) is 3. The average molecular weight is 213 g/mol. The highest BCUT2D eigenvalue weighted by Gasteiger charge is 2.34. The van der Waals surface area contributed by atoms with Crippen LogP contribution in [0.25, 0.3) is 0 Å². The summed E-state index contributed by atoms with van der Waals surface area (Å²) in [7, 11) is 1.80. The first-order valence-electron chi connectivity index (χ1n) is 6.18. The summed E-state index contributed by atoms with van der Waals surface area (Å²) in [4.78, 5) is 0. The molecular weight excluding hydrogens is 190 g/mol. The molecule has 0 spiro atoms. The van der Waals surface area contributed by atoms with Crippen LogP contribution in [0.5, 0.6) is 0 Å². The third kappa shape index (κ3) is 2.92. The minimum atomic E-state index is -0.0431. The molecule has 2 aliphatic rings. The van der Waals surface area contributed by atoms with Crippen molar-refractivity contribution in [3.05, 3.63) is 0 Å². The molecule has 0 aromatic heterocycles. The predicted octanol–water partition coefficient (Wildman–Crippen LogP) is 1.57. The van der Waals surface area contributed by atoms with Gasteiger partial charge in [-0.3, -0.25) is 0 Å². The van der Waals surface area contributed by atoms with Crippen molar-refractivity contribution in [2.75, 3.05) is 33.4 Å². The van der Waals surface area contributed by atoms with E-state index in [0.29, 0.717) is 0 Å². The summed E-state index contributed by atoms with van der Waals surface area (Å²) in [6.45, 7) is 3.70. The van der Waals surface area contributed by atoms with E-state index in [-0.39, 0.29) is 5.60 Å². The molecule has 0 bridgehead atoms. The maximum atomic E-state index is 5.58. The van der Waals surface area contributed by atoms with E-state index in [4.69, 9.17) is 9.47 Å². The summed E-state index contributed by atoms with van der Waals surface area (Å²) < 4.78 is 11.0. The molecule has 1 saturated heterocycles. The first kappa shape index (κ1) is 11.4. The summed E-state index contributed by atoms with van der Waals surface area (Å²) in [5.41, 5.74) is -0.0431. The molecule has 0 aromatic rings. The van der Waals surface area contributed by atoms with Gasteiger partial charge in [0, 0.05) is 26.7 Å². The van der Waals surface area contributed by atoms with Crippen LogP contribution in [0.2, 0.25) is 0 Å². The van der Waals surface area contributed by atoms with Gasteiger partial charge in [-0.05, 0) is 25.3 Å². The van der Waals surface area contributed by atoms with Gasteiger partial charge >= 0.3 is 0 Å². The second-order valence-electron chi connectivity index (χ2n) is 4.97. The van der Waals surface area contributed by atoms with E-state index in [1.165, 1.54) is 25.7 Å². The van der Waals surface area contributed by atoms with Crippen LogP contribution in [0.4, 0.5) is 0 Å². The second kappa shape index (κ2) is 5.28. The molecule has 3 nitrogen and oxygen atoms in total. The Morgan fingerprint density at radius 1 is 1.40 bits per heavy atom. The quantitative estimate of drug-likeness (QED) is 0.752. The maximum Gasteiger partial charge on any atom is 0.106 e. The summed E-state index contributed by atoms with van der Waals surface area (Å²) in [6.07, 6.45) is 6.68. The number of rotatable bonds is 5. The van der Waals surface area contributed by atoms with Gasteiger partial charge in [0.2, 0.25) is 0 Å². The Morgan fingerprint density at radius 2 is 2.20 bits per heavy atom. The number of nitrogens with one attached hydrogen (secondary N) is 1. The topological polar surface area (TPSA) is 30.5 Å². The van der Waals surface area contributed by atoms with Crippen molar-refractivity contribution in [3.63, 3.8) is 0 Å². The Hall–Kier alpha value is -0.120. The Labute approximate surface area is 92.5 Å². The molecule has 15 heavy (non-hydrogen) atoms. The van der Waals surface area contributed by atoms with Gasteiger partial charge in [0.25, 0.3) is 0 Å². The third-order valence-corrected chi connectivity index (χ3v) is 3.86. The molecule has 1 unspecified atom stereocenters. The normalized spacial score (nSPS) is 32.6. The van der Waals surface area contributed by atoms with E-state index in [9.17, 15) is 0 Å². The highest BCUT2D eigenvalue weighted by molar-refractivity contribution is 4.87. The smallest absolute Gasteiger partial charge is 0.106 e. The lowest BCUT2D eigenvalue weighted by atomic mass is 10.0. The predicted molar refractivity (Wildman–Crippen MR) is 60.0 cm³/mol. The Kier molecular flexibility index (Phi) is 4.00. The minimum Gasteiger partial charge on any atom is -0.378 e. The van der Waals surface area contributed by atoms with Crippen LogP contribution >= 0.6 is 0 Å². The Balaban J connectivity index is 1.67. The third-order valence-electron chi connectivity index (χ3n) is 3.86. The summed E-state index contributed by atoms with van der Waals surface area (Å²) in [5.74, 6) is 0.904. The molecule has 1 aliphatic heterocycles. The second-order valence-corrected chi connectivity index (χ2v) is 4.97. The van der Waals surface area contributed by atoms with Gasteiger partial charge in [0.05, 0.1) is 6.61 Å². The van der Waals surface area contributed by atoms with Gasteiger partial charge in [-0.2, -0.15) is 0 Å². The molecule has 1 aliphatic carbocycles. The van der Waals surface area contributed by atoms with Crippen molar-refractivity contribution in [1.82, 2.24) is 5.32 Å². The van der Waals surface area contributed by atoms with E-state index < -0.39 is 0 Å². The van der Waals surface area contributed by atoms with Crippen LogP contribution in [0, 0.1) is 5.92 Å². The molecule has 1 atom stereocenters. The Morgan fingerprint density at radius 3 is 2.80 bits per heavy atom. The molecule has 1 heterocycles. The van der Waals surface area contributed by atoms with Crippen LogP contribution in [0.15, 0.2) is 0 Å². The Bertz CT molecular complexity index is 184. The fourth-order valence-corrected chi connectivity index (χ4v) is 2.68. The van der Waals surface area contributed by atoms with E-state index in [1.807, 2.05) is 0 Å². The van der Waals surface area contributed by atoms with Crippen molar-refractivity contribution in [2.45, 2.75) is 37.7 Å². The molecule has 0 amide bonds. The molecular formula is C12H23NO2. The van der Waals surface area contributed by atoms with Crippen LogP contribution in [-0.2, 0) is 9.47 Å². The SMILES string of the molecule is COC1(CNCC2CCCC2)CCOC1. The van der Waals surface area contributed by atoms with Gasteiger partial charge in [-0.15, -0.1) is 0 Å². The van der Waals surface area contributed by atoms with Crippen molar-refractivity contribution >= 4 is 0 Å². The van der Waals surface area contributed by atoms with Gasteiger partial charge in [-0.1, -0.05) is 12.8 Å². The van der Waals surface area contributed by atoms with Gasteiger partial charge < -0.3 is 14.8 Å². The maximum absolute atomic E-state index is 5.58. The van der Waals surface area contributed by atoms with Crippen LogP contribution < -0.4 is 5.32 Å². The molecule has 88 valence electrons. The molecule has 3 heteroatoms. The lowest BCUT2D eigenvalue weighted by Gasteiger charge is -2.26. The zero-order valence-electron chi connectivity index (χ0n) is 9.76. The monoisotopic (exact) mass is 213 g/mol. The summed E-state index contributed by atoms with van der Waals surface area (Å²) in [6, 6.07) is 0. The largest absolute Gasteiger partial charge is 0.378 e. The lowest BCUT2D eigenvalue weighted by molar-refractivity contribution is -0.0161. The first-order chi connectivity index (χ1) is 7.35. The summed E-state index contributed by atoms with van der Waals surface area (Å²) in [5, 5.41) is 3.56. The van der Waals surface area contributed by atoms with Crippen LogP contribution in [-0.4, -0.2) is 39.0 Å². The fourth-order valence-electron chi connectivity index (χ4n) is 2.68. The number of ether oxygens (including phenoxy) is 2. The molecule has 0 aromatic carbocycles. The first-order valence-corrected chi connectivity index (χ1v) is 6.18. The summed E-state index contributed by atoms with van der Waals surface area (Å²) >= 11 is 0. The number of hydrogen-bond donors (Lipinski definition) is 1. The highest BCUT2D eigenvalue weighted by atomic mass is 16.5. The minimum absolute atomic E-state index is 0.0431. The number of methoxy groups -OCH3 is 1. The standard InChI is InChI=1S/C12H23NO2/c1-14-12(6-7-15-10-12)9-13-8-11-4-2-3-5-11/h11,13H,2-10H2,1H3. The molecule has 1 saturated carbocycles. The lowest BCUT2D eigenvalue weighted by Crippen LogP contribution is -2.44. The molecule has 1 N–H and O–H groups in total.